The molecule has 0 fully saturated rings. The van der Waals surface area contributed by atoms with Crippen LogP contribution in [-0.2, 0) is 0 Å². The van der Waals surface area contributed by atoms with E-state index in [4.69, 9.17) is 17.1 Å². The Balaban J connectivity index is 3.37. The summed E-state index contributed by atoms with van der Waals surface area (Å²) in [7, 11) is 0. The minimum atomic E-state index is -0.974. The molecule has 1 aromatic carbocycles. The Kier molecular flexibility index (Phi) is 2.47. The lowest BCUT2D eigenvalue weighted by Crippen LogP contribution is -1.80. The van der Waals surface area contributed by atoms with Gasteiger partial charge in [0, 0.05) is 11.0 Å². The van der Waals surface area contributed by atoms with Crippen LogP contribution in [0, 0.1) is 11.6 Å². The van der Waals surface area contributed by atoms with E-state index in [1.165, 1.54) is 0 Å². The summed E-state index contributed by atoms with van der Waals surface area (Å²) in [5, 5.41) is 2.71. The quantitative estimate of drug-likeness (QED) is 0.369. The van der Waals surface area contributed by atoms with Gasteiger partial charge in [0.05, 0.1) is 10.7 Å². The molecule has 0 saturated heterocycles. The highest BCUT2D eigenvalue weighted by molar-refractivity contribution is 6.33. The third kappa shape index (κ3) is 1.64. The summed E-state index contributed by atoms with van der Waals surface area (Å²) < 4.78 is 25.1. The zero-order chi connectivity index (χ0) is 9.14. The van der Waals surface area contributed by atoms with Crippen molar-refractivity contribution < 1.29 is 8.78 Å². The second kappa shape index (κ2) is 3.38. The fraction of sp³-hybridized carbons (Fsp3) is 0. The molecule has 0 aromatic heterocycles. The predicted octanol–water partition coefficient (Wildman–Crippen LogP) is 3.56. The highest BCUT2D eigenvalue weighted by Crippen LogP contribution is 2.28. The van der Waals surface area contributed by atoms with Crippen molar-refractivity contribution in [3.8, 4) is 0 Å². The normalized spacial score (nSPS) is 9.25. The van der Waals surface area contributed by atoms with Crippen LogP contribution in [0.2, 0.25) is 5.02 Å². The van der Waals surface area contributed by atoms with Gasteiger partial charge < -0.3 is 0 Å². The van der Waals surface area contributed by atoms with Crippen LogP contribution in [0.3, 0.4) is 0 Å². The Morgan fingerprint density at radius 1 is 1.42 bits per heavy atom. The smallest absolute Gasteiger partial charge is 0.137 e. The van der Waals surface area contributed by atoms with Crippen LogP contribution < -0.4 is 0 Å². The second-order valence-corrected chi connectivity index (χ2v) is 2.31. The third-order valence-electron chi connectivity index (χ3n) is 1.13. The van der Waals surface area contributed by atoms with Crippen molar-refractivity contribution >= 4 is 17.3 Å². The molecule has 0 spiro atoms. The van der Waals surface area contributed by atoms with E-state index in [0.717, 1.165) is 6.07 Å². The summed E-state index contributed by atoms with van der Waals surface area (Å²) in [6, 6.07) is 1.46. The van der Waals surface area contributed by atoms with E-state index in [9.17, 15) is 8.78 Å². The number of halogens is 3. The molecule has 0 atom stereocenters. The van der Waals surface area contributed by atoms with Gasteiger partial charge in [-0.15, -0.1) is 0 Å². The fourth-order valence-corrected chi connectivity index (χ4v) is 0.907. The highest BCUT2D eigenvalue weighted by atomic mass is 35.5. The van der Waals surface area contributed by atoms with Crippen molar-refractivity contribution in [3.63, 3.8) is 0 Å². The first-order valence-electron chi connectivity index (χ1n) is 2.85. The maximum atomic E-state index is 12.7. The van der Waals surface area contributed by atoms with Gasteiger partial charge in [0.1, 0.15) is 11.6 Å². The van der Waals surface area contributed by atoms with Gasteiger partial charge in [0.15, 0.2) is 0 Å². The van der Waals surface area contributed by atoms with Crippen LogP contribution in [0.15, 0.2) is 17.2 Å². The standard InChI is InChI=1S/C6H2ClF2N3/c7-4-1-3(8)2-5(9)6(4)11-12-10/h1-2H. The number of hydrogen-bond donors (Lipinski definition) is 0. The summed E-state index contributed by atoms with van der Waals surface area (Å²) in [4.78, 5) is 2.34. The van der Waals surface area contributed by atoms with Crippen molar-refractivity contribution in [2.24, 2.45) is 5.11 Å². The molecular weight excluding hydrogens is 188 g/mol. The minimum absolute atomic E-state index is 0.245. The number of benzene rings is 1. The molecule has 1 aromatic rings. The van der Waals surface area contributed by atoms with Gasteiger partial charge in [-0.05, 0) is 11.6 Å². The first-order chi connectivity index (χ1) is 5.65. The molecule has 0 radical (unpaired) electrons. The average molecular weight is 190 g/mol. The van der Waals surface area contributed by atoms with Gasteiger partial charge in [0.2, 0.25) is 0 Å². The van der Waals surface area contributed by atoms with Crippen molar-refractivity contribution in [3.05, 3.63) is 39.2 Å². The molecule has 3 nitrogen and oxygen atoms in total. The lowest BCUT2D eigenvalue weighted by molar-refractivity contribution is 0.585. The third-order valence-corrected chi connectivity index (χ3v) is 1.41. The highest BCUT2D eigenvalue weighted by Gasteiger charge is 2.07. The lowest BCUT2D eigenvalue weighted by Gasteiger charge is -1.97. The van der Waals surface area contributed by atoms with E-state index in [1.807, 2.05) is 0 Å². The van der Waals surface area contributed by atoms with Gasteiger partial charge in [-0.1, -0.05) is 16.7 Å². The maximum absolute atomic E-state index is 12.7. The summed E-state index contributed by atoms with van der Waals surface area (Å²) in [6.45, 7) is 0. The molecule has 0 bridgehead atoms. The van der Waals surface area contributed by atoms with Crippen LogP contribution in [0.5, 0.6) is 0 Å². The fourth-order valence-electron chi connectivity index (χ4n) is 0.675. The van der Waals surface area contributed by atoms with Gasteiger partial charge in [-0.25, -0.2) is 8.78 Å². The summed E-state index contributed by atoms with van der Waals surface area (Å²) in [5.74, 6) is -1.79. The second-order valence-electron chi connectivity index (χ2n) is 1.91. The largest absolute Gasteiger partial charge is 0.207 e. The zero-order valence-electron chi connectivity index (χ0n) is 5.63. The molecule has 0 amide bonds. The topological polar surface area (TPSA) is 48.8 Å². The van der Waals surface area contributed by atoms with Crippen molar-refractivity contribution in [2.75, 3.05) is 0 Å². The molecule has 0 unspecified atom stereocenters. The molecule has 1 rings (SSSR count). The molecule has 12 heavy (non-hydrogen) atoms. The first kappa shape index (κ1) is 8.77. The number of nitrogens with zero attached hydrogens (tertiary/aromatic N) is 3. The molecule has 0 heterocycles. The Morgan fingerprint density at radius 2 is 2.08 bits per heavy atom. The molecule has 0 saturated carbocycles. The first-order valence-corrected chi connectivity index (χ1v) is 3.22. The summed E-state index contributed by atoms with van der Waals surface area (Å²) >= 11 is 5.37. The van der Waals surface area contributed by atoms with Gasteiger partial charge in [-0.3, -0.25) is 0 Å². The molecule has 6 heteroatoms. The SMILES string of the molecule is [N-]=[N+]=Nc1c(F)cc(F)cc1Cl. The van der Waals surface area contributed by atoms with Crippen LogP contribution in [0.25, 0.3) is 10.4 Å². The van der Waals surface area contributed by atoms with E-state index in [2.05, 4.69) is 10.0 Å². The van der Waals surface area contributed by atoms with Crippen LogP contribution in [-0.4, -0.2) is 0 Å². The van der Waals surface area contributed by atoms with Crippen LogP contribution in [0.1, 0.15) is 0 Å². The van der Waals surface area contributed by atoms with Gasteiger partial charge >= 0.3 is 0 Å². The Labute approximate surface area is 71.2 Å². The average Bonchev–Trinajstić information content (AvgIpc) is 1.96. The van der Waals surface area contributed by atoms with E-state index < -0.39 is 11.6 Å². The minimum Gasteiger partial charge on any atom is -0.207 e. The molecule has 0 aliphatic carbocycles. The summed E-state index contributed by atoms with van der Waals surface area (Å²) in [6.07, 6.45) is 0. The van der Waals surface area contributed by atoms with E-state index in [1.54, 1.807) is 0 Å². The predicted molar refractivity (Wildman–Crippen MR) is 40.2 cm³/mol. The Bertz CT molecular complexity index is 337. The molecule has 0 aliphatic heterocycles. The Morgan fingerprint density at radius 3 is 2.58 bits per heavy atom. The van der Waals surface area contributed by atoms with E-state index in [0.29, 0.717) is 6.07 Å². The van der Waals surface area contributed by atoms with Crippen molar-refractivity contribution in [1.29, 1.82) is 0 Å². The summed E-state index contributed by atoms with van der Waals surface area (Å²) in [5.41, 5.74) is 7.59. The Hall–Kier alpha value is -1.32. The van der Waals surface area contributed by atoms with E-state index in [-0.39, 0.29) is 10.7 Å². The lowest BCUT2D eigenvalue weighted by atomic mass is 10.3. The van der Waals surface area contributed by atoms with Gasteiger partial charge in [-0.2, -0.15) is 0 Å². The zero-order valence-corrected chi connectivity index (χ0v) is 6.39. The molecule has 0 aliphatic rings. The van der Waals surface area contributed by atoms with Crippen LogP contribution in [0.4, 0.5) is 14.5 Å². The van der Waals surface area contributed by atoms with Crippen molar-refractivity contribution in [1.82, 2.24) is 0 Å². The van der Waals surface area contributed by atoms with E-state index >= 15 is 0 Å². The maximum Gasteiger partial charge on any atom is 0.137 e. The number of hydrogen-bond acceptors (Lipinski definition) is 1. The monoisotopic (exact) mass is 189 g/mol. The number of rotatable bonds is 1. The van der Waals surface area contributed by atoms with Crippen LogP contribution >= 0.6 is 11.6 Å². The molecular formula is C6H2ClF2N3. The van der Waals surface area contributed by atoms with Gasteiger partial charge in [0.25, 0.3) is 0 Å². The number of azide groups is 1. The van der Waals surface area contributed by atoms with Crippen molar-refractivity contribution in [2.45, 2.75) is 0 Å². The molecule has 62 valence electrons. The molecule has 0 N–H and O–H groups in total.